The van der Waals surface area contributed by atoms with Gasteiger partial charge in [-0.3, -0.25) is 4.72 Å². The topological polar surface area (TPSA) is 59.1 Å². The van der Waals surface area contributed by atoms with Gasteiger partial charge < -0.3 is 0 Å². The molecule has 0 atom stereocenters. The van der Waals surface area contributed by atoms with Crippen LogP contribution in [0.1, 0.15) is 16.1 Å². The number of sulfonamides is 1. The number of benzene rings is 1. The predicted molar refractivity (Wildman–Crippen MR) is 102 cm³/mol. The first kappa shape index (κ1) is 17.4. The van der Waals surface area contributed by atoms with E-state index in [4.69, 9.17) is 11.6 Å². The maximum absolute atomic E-state index is 12.7. The molecule has 0 aliphatic carbocycles. The lowest BCUT2D eigenvalue weighted by atomic mass is 10.2. The van der Waals surface area contributed by atoms with Gasteiger partial charge in [-0.15, -0.1) is 22.7 Å². The molecule has 0 spiro atoms. The fourth-order valence-electron chi connectivity index (χ4n) is 2.17. The second kappa shape index (κ2) is 6.48. The summed E-state index contributed by atoms with van der Waals surface area (Å²) in [5.74, 6) is 0. The normalized spacial score (nSPS) is 11.7. The number of thiophene rings is 1. The van der Waals surface area contributed by atoms with Crippen LogP contribution in [0.4, 0.5) is 5.69 Å². The molecule has 0 amide bonds. The standard InChI is InChI=1S/C16H15ClN2O2S3/c1-9-4-5-12(6-13(9)17)19-24(20,21)15-7-14(23-11(15)3)16-18-10(2)8-22-16/h4-8,19H,1-3H3. The van der Waals surface area contributed by atoms with Gasteiger partial charge in [-0.05, 0) is 44.5 Å². The van der Waals surface area contributed by atoms with Crippen LogP contribution in [0.25, 0.3) is 9.88 Å². The molecule has 0 saturated carbocycles. The van der Waals surface area contributed by atoms with Crippen molar-refractivity contribution in [1.82, 2.24) is 4.98 Å². The molecule has 0 radical (unpaired) electrons. The summed E-state index contributed by atoms with van der Waals surface area (Å²) in [6.07, 6.45) is 0. The molecule has 126 valence electrons. The summed E-state index contributed by atoms with van der Waals surface area (Å²) < 4.78 is 28.0. The van der Waals surface area contributed by atoms with E-state index in [1.165, 1.54) is 22.7 Å². The fourth-order valence-corrected chi connectivity index (χ4v) is 5.85. The van der Waals surface area contributed by atoms with E-state index in [9.17, 15) is 8.42 Å². The minimum Gasteiger partial charge on any atom is -0.280 e. The highest BCUT2D eigenvalue weighted by Crippen LogP contribution is 2.36. The fraction of sp³-hybridized carbons (Fsp3) is 0.188. The lowest BCUT2D eigenvalue weighted by Gasteiger charge is -2.08. The Morgan fingerprint density at radius 3 is 2.54 bits per heavy atom. The van der Waals surface area contributed by atoms with E-state index in [1.54, 1.807) is 31.2 Å². The molecule has 0 aliphatic heterocycles. The predicted octanol–water partition coefficient (Wildman–Crippen LogP) is 5.25. The minimum atomic E-state index is -3.68. The highest BCUT2D eigenvalue weighted by atomic mass is 35.5. The third-order valence-corrected chi connectivity index (χ3v) is 7.64. The van der Waals surface area contributed by atoms with E-state index in [1.807, 2.05) is 19.2 Å². The van der Waals surface area contributed by atoms with E-state index < -0.39 is 10.0 Å². The second-order valence-electron chi connectivity index (χ2n) is 5.39. The van der Waals surface area contributed by atoms with Crippen LogP contribution < -0.4 is 4.72 Å². The molecule has 3 aromatic rings. The van der Waals surface area contributed by atoms with Crippen molar-refractivity contribution in [2.75, 3.05) is 4.72 Å². The van der Waals surface area contributed by atoms with Crippen molar-refractivity contribution in [2.45, 2.75) is 25.7 Å². The summed E-state index contributed by atoms with van der Waals surface area (Å²) >= 11 is 9.00. The van der Waals surface area contributed by atoms with Crippen LogP contribution in [-0.2, 0) is 10.0 Å². The largest absolute Gasteiger partial charge is 0.280 e. The van der Waals surface area contributed by atoms with Gasteiger partial charge in [0.1, 0.15) is 9.90 Å². The molecule has 0 bridgehead atoms. The summed E-state index contributed by atoms with van der Waals surface area (Å²) in [6.45, 7) is 5.58. The lowest BCUT2D eigenvalue weighted by molar-refractivity contribution is 0.601. The van der Waals surface area contributed by atoms with Crippen molar-refractivity contribution in [1.29, 1.82) is 0 Å². The maximum Gasteiger partial charge on any atom is 0.263 e. The van der Waals surface area contributed by atoms with E-state index in [2.05, 4.69) is 9.71 Å². The third kappa shape index (κ3) is 3.49. The van der Waals surface area contributed by atoms with Crippen LogP contribution in [0.3, 0.4) is 0 Å². The van der Waals surface area contributed by atoms with Crippen LogP contribution in [0.2, 0.25) is 5.02 Å². The lowest BCUT2D eigenvalue weighted by Crippen LogP contribution is -2.13. The van der Waals surface area contributed by atoms with E-state index in [0.717, 1.165) is 26.0 Å². The number of hydrogen-bond acceptors (Lipinski definition) is 5. The first-order chi connectivity index (χ1) is 11.3. The number of halogens is 1. The Bertz CT molecular complexity index is 1010. The van der Waals surface area contributed by atoms with E-state index >= 15 is 0 Å². The molecule has 0 aliphatic rings. The molecule has 1 aromatic carbocycles. The van der Waals surface area contributed by atoms with Gasteiger partial charge in [-0.25, -0.2) is 13.4 Å². The van der Waals surface area contributed by atoms with Gasteiger partial charge in [-0.2, -0.15) is 0 Å². The number of aryl methyl sites for hydroxylation is 3. The second-order valence-corrected chi connectivity index (χ2v) is 9.57. The van der Waals surface area contributed by atoms with Crippen molar-refractivity contribution in [2.24, 2.45) is 0 Å². The first-order valence-electron chi connectivity index (χ1n) is 7.08. The number of hydrogen-bond donors (Lipinski definition) is 1. The average molecular weight is 399 g/mol. The quantitative estimate of drug-likeness (QED) is 0.652. The molecule has 0 fully saturated rings. The molecule has 24 heavy (non-hydrogen) atoms. The summed E-state index contributed by atoms with van der Waals surface area (Å²) in [5.41, 5.74) is 2.27. The Morgan fingerprint density at radius 1 is 1.17 bits per heavy atom. The highest BCUT2D eigenvalue weighted by molar-refractivity contribution is 7.93. The average Bonchev–Trinajstić information content (AvgIpc) is 3.09. The Labute approximate surface area is 154 Å². The Hall–Kier alpha value is -1.41. The maximum atomic E-state index is 12.7. The summed E-state index contributed by atoms with van der Waals surface area (Å²) in [7, 11) is -3.68. The molecule has 0 unspecified atom stereocenters. The zero-order valence-electron chi connectivity index (χ0n) is 13.3. The van der Waals surface area contributed by atoms with Crippen LogP contribution in [0, 0.1) is 20.8 Å². The van der Waals surface area contributed by atoms with Gasteiger partial charge in [0.05, 0.1) is 10.6 Å². The van der Waals surface area contributed by atoms with Gasteiger partial charge in [0.15, 0.2) is 0 Å². The molecule has 8 heteroatoms. The summed E-state index contributed by atoms with van der Waals surface area (Å²) in [5, 5.41) is 3.31. The van der Waals surface area contributed by atoms with Crippen LogP contribution in [-0.4, -0.2) is 13.4 Å². The van der Waals surface area contributed by atoms with Crippen molar-refractivity contribution in [3.05, 3.63) is 50.8 Å². The smallest absolute Gasteiger partial charge is 0.263 e. The Kier molecular flexibility index (Phi) is 4.70. The van der Waals surface area contributed by atoms with Crippen molar-refractivity contribution in [3.63, 3.8) is 0 Å². The van der Waals surface area contributed by atoms with Crippen molar-refractivity contribution in [3.8, 4) is 9.88 Å². The molecular weight excluding hydrogens is 384 g/mol. The van der Waals surface area contributed by atoms with Gasteiger partial charge >= 0.3 is 0 Å². The Morgan fingerprint density at radius 2 is 1.92 bits per heavy atom. The number of aromatic nitrogens is 1. The molecule has 3 rings (SSSR count). The number of anilines is 1. The van der Waals surface area contributed by atoms with Crippen LogP contribution >= 0.6 is 34.3 Å². The zero-order valence-corrected chi connectivity index (χ0v) is 16.5. The van der Waals surface area contributed by atoms with E-state index in [0.29, 0.717) is 10.7 Å². The van der Waals surface area contributed by atoms with Crippen LogP contribution in [0.15, 0.2) is 34.5 Å². The number of nitrogens with zero attached hydrogens (tertiary/aromatic N) is 1. The Balaban J connectivity index is 1.95. The van der Waals surface area contributed by atoms with Gasteiger partial charge in [0.2, 0.25) is 0 Å². The summed E-state index contributed by atoms with van der Waals surface area (Å²) in [4.78, 5) is 6.27. The number of nitrogens with one attached hydrogen (secondary N) is 1. The highest BCUT2D eigenvalue weighted by Gasteiger charge is 2.21. The van der Waals surface area contributed by atoms with Crippen molar-refractivity contribution >= 4 is 50.0 Å². The van der Waals surface area contributed by atoms with Gasteiger partial charge in [-0.1, -0.05) is 17.7 Å². The molecular formula is C16H15ClN2O2S3. The molecule has 2 heterocycles. The SMILES string of the molecule is Cc1csc(-c2cc(S(=O)(=O)Nc3ccc(C)c(Cl)c3)c(C)s2)n1. The van der Waals surface area contributed by atoms with Gasteiger partial charge in [0, 0.05) is 21.0 Å². The summed E-state index contributed by atoms with van der Waals surface area (Å²) in [6, 6.07) is 6.77. The number of rotatable bonds is 4. The molecule has 0 saturated heterocycles. The molecule has 2 aromatic heterocycles. The molecule has 4 nitrogen and oxygen atoms in total. The number of thiazole rings is 1. The third-order valence-electron chi connectivity index (χ3n) is 3.42. The van der Waals surface area contributed by atoms with Gasteiger partial charge in [0.25, 0.3) is 10.0 Å². The monoisotopic (exact) mass is 398 g/mol. The minimum absolute atomic E-state index is 0.270. The zero-order chi connectivity index (χ0) is 17.5. The first-order valence-corrected chi connectivity index (χ1v) is 10.6. The van der Waals surface area contributed by atoms with Crippen LogP contribution in [0.5, 0.6) is 0 Å². The van der Waals surface area contributed by atoms with Crippen molar-refractivity contribution < 1.29 is 8.42 Å². The van der Waals surface area contributed by atoms with E-state index in [-0.39, 0.29) is 4.90 Å². The molecule has 1 N–H and O–H groups in total.